The van der Waals surface area contributed by atoms with Crippen LogP contribution in [0.2, 0.25) is 0 Å². The van der Waals surface area contributed by atoms with Crippen LogP contribution in [-0.2, 0) is 16.1 Å². The molecule has 3 heteroatoms. The predicted molar refractivity (Wildman–Crippen MR) is 68.6 cm³/mol. The van der Waals surface area contributed by atoms with Crippen molar-refractivity contribution in [3.05, 3.63) is 34.9 Å². The Morgan fingerprint density at radius 2 is 2.00 bits per heavy atom. The van der Waals surface area contributed by atoms with Gasteiger partial charge in [-0.3, -0.25) is 9.63 Å². The molecule has 0 saturated heterocycles. The fourth-order valence-electron chi connectivity index (χ4n) is 1.66. The van der Waals surface area contributed by atoms with Crippen LogP contribution in [0, 0.1) is 13.8 Å². The molecule has 0 radical (unpaired) electrons. The average molecular weight is 235 g/mol. The molecule has 94 valence electrons. The summed E-state index contributed by atoms with van der Waals surface area (Å²) >= 11 is 0. The zero-order valence-corrected chi connectivity index (χ0v) is 11.1. The van der Waals surface area contributed by atoms with Crippen molar-refractivity contribution < 1.29 is 9.63 Å². The van der Waals surface area contributed by atoms with E-state index in [2.05, 4.69) is 32.0 Å². The lowest BCUT2D eigenvalue weighted by Crippen LogP contribution is -2.25. The predicted octanol–water partition coefficient (Wildman–Crippen LogP) is 2.65. The molecule has 1 amide bonds. The largest absolute Gasteiger partial charge is 0.275 e. The number of carbonyl (C=O) groups excluding carboxylic acids is 1. The smallest absolute Gasteiger partial charge is 0.245 e. The molecule has 0 aliphatic heterocycles. The van der Waals surface area contributed by atoms with Gasteiger partial charge in [0.25, 0.3) is 0 Å². The molecular weight excluding hydrogens is 214 g/mol. The Morgan fingerprint density at radius 1 is 1.29 bits per heavy atom. The molecule has 0 saturated carbocycles. The monoisotopic (exact) mass is 235 g/mol. The molecule has 0 aliphatic rings. The van der Waals surface area contributed by atoms with E-state index in [1.807, 2.05) is 0 Å². The Labute approximate surface area is 103 Å². The minimum Gasteiger partial charge on any atom is -0.275 e. The molecule has 1 aromatic carbocycles. The van der Waals surface area contributed by atoms with Gasteiger partial charge in [0.1, 0.15) is 0 Å². The standard InChI is InChI=1S/C14H21NO2/c1-11-8-9-13(10-12(11)2)6-5-7-14(16)15(3)17-4/h8-10H,5-7H2,1-4H3. The molecule has 0 unspecified atom stereocenters. The Morgan fingerprint density at radius 3 is 2.59 bits per heavy atom. The first kappa shape index (κ1) is 13.7. The second kappa shape index (κ2) is 6.40. The van der Waals surface area contributed by atoms with Crippen LogP contribution in [0.25, 0.3) is 0 Å². The lowest BCUT2D eigenvalue weighted by molar-refractivity contribution is -0.168. The van der Waals surface area contributed by atoms with Gasteiger partial charge in [-0.15, -0.1) is 0 Å². The van der Waals surface area contributed by atoms with Crippen LogP contribution in [0.15, 0.2) is 18.2 Å². The van der Waals surface area contributed by atoms with Crippen LogP contribution in [0.4, 0.5) is 0 Å². The zero-order chi connectivity index (χ0) is 12.8. The third-order valence-electron chi connectivity index (χ3n) is 3.05. The summed E-state index contributed by atoms with van der Waals surface area (Å²) in [6.07, 6.45) is 2.32. The van der Waals surface area contributed by atoms with E-state index in [1.54, 1.807) is 7.05 Å². The normalized spacial score (nSPS) is 10.4. The Balaban J connectivity index is 2.41. The summed E-state index contributed by atoms with van der Waals surface area (Å²) in [5.41, 5.74) is 3.91. The number of hydroxylamine groups is 2. The Bertz CT molecular complexity index is 388. The van der Waals surface area contributed by atoms with Gasteiger partial charge in [-0.25, -0.2) is 5.06 Å². The maximum atomic E-state index is 11.5. The summed E-state index contributed by atoms with van der Waals surface area (Å²) in [6.45, 7) is 4.22. The molecule has 0 aromatic heterocycles. The van der Waals surface area contributed by atoms with Crippen molar-refractivity contribution in [2.24, 2.45) is 0 Å². The first-order valence-corrected chi connectivity index (χ1v) is 5.91. The number of hydrogen-bond donors (Lipinski definition) is 0. The summed E-state index contributed by atoms with van der Waals surface area (Å²) in [4.78, 5) is 16.3. The highest BCUT2D eigenvalue weighted by molar-refractivity contribution is 5.74. The van der Waals surface area contributed by atoms with E-state index in [0.29, 0.717) is 6.42 Å². The number of amides is 1. The maximum Gasteiger partial charge on any atom is 0.245 e. The third kappa shape index (κ3) is 4.19. The molecule has 0 fully saturated rings. The fraction of sp³-hybridized carbons (Fsp3) is 0.500. The molecule has 0 atom stereocenters. The van der Waals surface area contributed by atoms with Crippen LogP contribution in [0.5, 0.6) is 0 Å². The first-order valence-electron chi connectivity index (χ1n) is 5.91. The highest BCUT2D eigenvalue weighted by Gasteiger charge is 2.07. The second-order valence-corrected chi connectivity index (χ2v) is 4.35. The Kier molecular flexibility index (Phi) is 5.16. The molecule has 3 nitrogen and oxygen atoms in total. The highest BCUT2D eigenvalue weighted by atomic mass is 16.7. The van der Waals surface area contributed by atoms with Gasteiger partial charge < -0.3 is 0 Å². The van der Waals surface area contributed by atoms with Crippen molar-refractivity contribution in [2.45, 2.75) is 33.1 Å². The van der Waals surface area contributed by atoms with Crippen molar-refractivity contribution in [2.75, 3.05) is 14.2 Å². The molecule has 0 aliphatic carbocycles. The summed E-state index contributed by atoms with van der Waals surface area (Å²) in [5.74, 6) is 0.0244. The lowest BCUT2D eigenvalue weighted by Gasteiger charge is -2.13. The summed E-state index contributed by atoms with van der Waals surface area (Å²) in [5, 5.41) is 1.28. The zero-order valence-electron chi connectivity index (χ0n) is 11.1. The molecule has 1 aromatic rings. The van der Waals surface area contributed by atoms with Crippen molar-refractivity contribution in [3.63, 3.8) is 0 Å². The lowest BCUT2D eigenvalue weighted by atomic mass is 10.0. The minimum absolute atomic E-state index is 0.0244. The summed E-state index contributed by atoms with van der Waals surface area (Å²) < 4.78 is 0. The summed E-state index contributed by atoms with van der Waals surface area (Å²) in [6, 6.07) is 6.46. The topological polar surface area (TPSA) is 29.5 Å². The van der Waals surface area contributed by atoms with Crippen molar-refractivity contribution in [3.8, 4) is 0 Å². The fourth-order valence-corrected chi connectivity index (χ4v) is 1.66. The highest BCUT2D eigenvalue weighted by Crippen LogP contribution is 2.12. The van der Waals surface area contributed by atoms with Crippen LogP contribution >= 0.6 is 0 Å². The van der Waals surface area contributed by atoms with Gasteiger partial charge in [0, 0.05) is 13.5 Å². The van der Waals surface area contributed by atoms with Crippen molar-refractivity contribution in [1.29, 1.82) is 0 Å². The quantitative estimate of drug-likeness (QED) is 0.734. The number of hydrogen-bond acceptors (Lipinski definition) is 2. The van der Waals surface area contributed by atoms with Gasteiger partial charge in [0.2, 0.25) is 5.91 Å². The van der Waals surface area contributed by atoms with E-state index in [0.717, 1.165) is 12.8 Å². The number of aryl methyl sites for hydroxylation is 3. The van der Waals surface area contributed by atoms with E-state index in [9.17, 15) is 4.79 Å². The molecule has 17 heavy (non-hydrogen) atoms. The van der Waals surface area contributed by atoms with Gasteiger partial charge >= 0.3 is 0 Å². The molecule has 1 rings (SSSR count). The maximum absolute atomic E-state index is 11.5. The van der Waals surface area contributed by atoms with E-state index >= 15 is 0 Å². The molecule has 0 spiro atoms. The van der Waals surface area contributed by atoms with Gasteiger partial charge in [-0.1, -0.05) is 18.2 Å². The third-order valence-corrected chi connectivity index (χ3v) is 3.05. The number of carbonyl (C=O) groups is 1. The van der Waals surface area contributed by atoms with Crippen LogP contribution in [-0.4, -0.2) is 25.1 Å². The molecular formula is C14H21NO2. The van der Waals surface area contributed by atoms with Crippen LogP contribution in [0.3, 0.4) is 0 Å². The van der Waals surface area contributed by atoms with E-state index < -0.39 is 0 Å². The first-order chi connectivity index (χ1) is 8.04. The number of nitrogens with zero attached hydrogens (tertiary/aromatic N) is 1. The average Bonchev–Trinajstić information content (AvgIpc) is 2.32. The van der Waals surface area contributed by atoms with Crippen molar-refractivity contribution >= 4 is 5.91 Å². The van der Waals surface area contributed by atoms with E-state index in [4.69, 9.17) is 4.84 Å². The molecule has 0 bridgehead atoms. The number of rotatable bonds is 5. The van der Waals surface area contributed by atoms with Gasteiger partial charge in [0.15, 0.2) is 0 Å². The van der Waals surface area contributed by atoms with E-state index in [1.165, 1.54) is 28.9 Å². The second-order valence-electron chi connectivity index (χ2n) is 4.35. The Hall–Kier alpha value is -1.35. The van der Waals surface area contributed by atoms with Gasteiger partial charge in [-0.2, -0.15) is 0 Å². The van der Waals surface area contributed by atoms with Gasteiger partial charge in [-0.05, 0) is 43.4 Å². The SMILES string of the molecule is CON(C)C(=O)CCCc1ccc(C)c(C)c1. The van der Waals surface area contributed by atoms with Crippen molar-refractivity contribution in [1.82, 2.24) is 5.06 Å². The minimum atomic E-state index is 0.0244. The van der Waals surface area contributed by atoms with Crippen LogP contribution < -0.4 is 0 Å². The number of benzene rings is 1. The van der Waals surface area contributed by atoms with E-state index in [-0.39, 0.29) is 5.91 Å². The van der Waals surface area contributed by atoms with Gasteiger partial charge in [0.05, 0.1) is 7.11 Å². The molecule has 0 N–H and O–H groups in total. The summed E-state index contributed by atoms with van der Waals surface area (Å²) in [7, 11) is 3.14. The molecule has 0 heterocycles. The van der Waals surface area contributed by atoms with Crippen LogP contribution in [0.1, 0.15) is 29.5 Å².